The maximum atomic E-state index is 11.0. The first-order chi connectivity index (χ1) is 10.1. The molecule has 0 atom stereocenters. The molecule has 0 spiro atoms. The molecule has 0 unspecified atom stereocenters. The molecule has 0 radical (unpaired) electrons. The maximum Gasteiger partial charge on any atom is 0.275 e. The van der Waals surface area contributed by atoms with Gasteiger partial charge < -0.3 is 15.0 Å². The van der Waals surface area contributed by atoms with Crippen molar-refractivity contribution in [2.45, 2.75) is 27.2 Å². The Hall–Kier alpha value is -1.82. The topological polar surface area (TPSA) is 67.6 Å². The van der Waals surface area contributed by atoms with Crippen molar-refractivity contribution in [1.82, 2.24) is 4.90 Å². The summed E-state index contributed by atoms with van der Waals surface area (Å²) in [5.74, 6) is 0.537. The lowest BCUT2D eigenvalue weighted by molar-refractivity contribution is -0.384. The van der Waals surface area contributed by atoms with Gasteiger partial charge in [0.1, 0.15) is 12.4 Å². The second kappa shape index (κ2) is 9.18. The molecule has 1 rings (SSSR count). The number of nitrogens with one attached hydrogen (secondary N) is 1. The van der Waals surface area contributed by atoms with Gasteiger partial charge in [0.15, 0.2) is 0 Å². The van der Waals surface area contributed by atoms with Crippen LogP contribution in [0.1, 0.15) is 27.2 Å². The van der Waals surface area contributed by atoms with E-state index < -0.39 is 4.92 Å². The summed E-state index contributed by atoms with van der Waals surface area (Å²) in [7, 11) is 0. The smallest absolute Gasteiger partial charge is 0.275 e. The molecule has 1 aromatic rings. The minimum absolute atomic E-state index is 0.0499. The summed E-state index contributed by atoms with van der Waals surface area (Å²) in [6.07, 6.45) is 0.959. The van der Waals surface area contributed by atoms with E-state index in [1.54, 1.807) is 0 Å². The molecule has 0 saturated carbocycles. The third-order valence-electron chi connectivity index (χ3n) is 3.25. The molecule has 0 bridgehead atoms. The lowest BCUT2D eigenvalue weighted by Gasteiger charge is -2.18. The summed E-state index contributed by atoms with van der Waals surface area (Å²) >= 11 is 0. The Labute approximate surface area is 126 Å². The molecule has 0 aromatic heterocycles. The zero-order chi connectivity index (χ0) is 15.7. The number of hydrogen-bond donors (Lipinski definition) is 1. The SMILES string of the molecule is CCCNc1cc(OCCN(CC)CC)cc([N+](=O)[O-])c1. The fraction of sp³-hybridized carbons (Fsp3) is 0.600. The molecular weight excluding hydrogens is 270 g/mol. The quantitative estimate of drug-likeness (QED) is 0.530. The van der Waals surface area contributed by atoms with Crippen molar-refractivity contribution >= 4 is 11.4 Å². The lowest BCUT2D eigenvalue weighted by atomic mass is 10.2. The van der Waals surface area contributed by atoms with Crippen molar-refractivity contribution in [3.05, 3.63) is 28.3 Å². The largest absolute Gasteiger partial charge is 0.492 e. The van der Waals surface area contributed by atoms with E-state index in [-0.39, 0.29) is 5.69 Å². The van der Waals surface area contributed by atoms with Gasteiger partial charge in [-0.2, -0.15) is 0 Å². The van der Waals surface area contributed by atoms with Crippen LogP contribution in [0.15, 0.2) is 18.2 Å². The van der Waals surface area contributed by atoms with Crippen LogP contribution in [0.5, 0.6) is 5.75 Å². The molecule has 6 heteroatoms. The van der Waals surface area contributed by atoms with Crippen LogP contribution in [0.3, 0.4) is 0 Å². The van der Waals surface area contributed by atoms with Crippen LogP contribution in [-0.4, -0.2) is 42.6 Å². The van der Waals surface area contributed by atoms with Gasteiger partial charge in [0.25, 0.3) is 5.69 Å². The summed E-state index contributed by atoms with van der Waals surface area (Å²) in [6.45, 7) is 10.3. The van der Waals surface area contributed by atoms with Gasteiger partial charge in [-0.1, -0.05) is 20.8 Å². The second-order valence-electron chi connectivity index (χ2n) is 4.77. The predicted molar refractivity (Wildman–Crippen MR) is 85.2 cm³/mol. The van der Waals surface area contributed by atoms with Gasteiger partial charge in [-0.3, -0.25) is 10.1 Å². The fourth-order valence-corrected chi connectivity index (χ4v) is 1.98. The number of nitro groups is 1. The van der Waals surface area contributed by atoms with E-state index in [4.69, 9.17) is 4.74 Å². The molecule has 6 nitrogen and oxygen atoms in total. The van der Waals surface area contributed by atoms with E-state index in [1.165, 1.54) is 12.1 Å². The molecule has 21 heavy (non-hydrogen) atoms. The monoisotopic (exact) mass is 295 g/mol. The van der Waals surface area contributed by atoms with Gasteiger partial charge >= 0.3 is 0 Å². The van der Waals surface area contributed by atoms with Gasteiger partial charge in [-0.15, -0.1) is 0 Å². The molecule has 0 aliphatic rings. The number of nitro benzene ring substituents is 1. The molecule has 0 amide bonds. The molecule has 118 valence electrons. The van der Waals surface area contributed by atoms with Crippen LogP contribution in [0.2, 0.25) is 0 Å². The minimum Gasteiger partial charge on any atom is -0.492 e. The normalized spacial score (nSPS) is 10.7. The molecular formula is C15H25N3O3. The Bertz CT molecular complexity index is 448. The third kappa shape index (κ3) is 5.99. The minimum atomic E-state index is -0.394. The highest BCUT2D eigenvalue weighted by Gasteiger charge is 2.11. The van der Waals surface area contributed by atoms with Gasteiger partial charge in [-0.25, -0.2) is 0 Å². The molecule has 0 aliphatic carbocycles. The van der Waals surface area contributed by atoms with Crippen molar-refractivity contribution in [2.75, 3.05) is 38.1 Å². The summed E-state index contributed by atoms with van der Waals surface area (Å²) < 4.78 is 5.67. The average Bonchev–Trinajstić information content (AvgIpc) is 2.49. The molecule has 0 aliphatic heterocycles. The number of nitrogens with zero attached hydrogens (tertiary/aromatic N) is 2. The zero-order valence-electron chi connectivity index (χ0n) is 13.1. The lowest BCUT2D eigenvalue weighted by Crippen LogP contribution is -2.27. The zero-order valence-corrected chi connectivity index (χ0v) is 13.1. The predicted octanol–water partition coefficient (Wildman–Crippen LogP) is 3.14. The maximum absolute atomic E-state index is 11.0. The summed E-state index contributed by atoms with van der Waals surface area (Å²) in [5, 5.41) is 14.1. The summed E-state index contributed by atoms with van der Waals surface area (Å²) in [4.78, 5) is 12.8. The van der Waals surface area contributed by atoms with Crippen molar-refractivity contribution in [2.24, 2.45) is 0 Å². The van der Waals surface area contributed by atoms with Crippen LogP contribution >= 0.6 is 0 Å². The van der Waals surface area contributed by atoms with E-state index in [1.807, 2.05) is 13.0 Å². The number of benzene rings is 1. The number of ether oxygens (including phenoxy) is 1. The van der Waals surface area contributed by atoms with Crippen molar-refractivity contribution in [3.8, 4) is 5.75 Å². The number of rotatable bonds is 10. The number of likely N-dealkylation sites (N-methyl/N-ethyl adjacent to an activating group) is 1. The standard InChI is InChI=1S/C15H25N3O3/c1-4-7-16-13-10-14(18(19)20)12-15(11-13)21-9-8-17(5-2)6-3/h10-12,16H,4-9H2,1-3H3. The highest BCUT2D eigenvalue weighted by Crippen LogP contribution is 2.26. The van der Waals surface area contributed by atoms with Crippen LogP contribution in [0.4, 0.5) is 11.4 Å². The number of non-ortho nitro benzene ring substituents is 1. The third-order valence-corrected chi connectivity index (χ3v) is 3.25. The first-order valence-electron chi connectivity index (χ1n) is 7.49. The van der Waals surface area contributed by atoms with E-state index in [9.17, 15) is 10.1 Å². The molecule has 0 fully saturated rings. The molecule has 1 aromatic carbocycles. The number of hydrogen-bond acceptors (Lipinski definition) is 5. The van der Waals surface area contributed by atoms with E-state index >= 15 is 0 Å². The summed E-state index contributed by atoms with van der Waals surface area (Å²) in [5.41, 5.74) is 0.776. The first-order valence-corrected chi connectivity index (χ1v) is 7.49. The summed E-state index contributed by atoms with van der Waals surface area (Å²) in [6, 6.07) is 4.82. The highest BCUT2D eigenvalue weighted by molar-refractivity contribution is 5.56. The average molecular weight is 295 g/mol. The van der Waals surface area contributed by atoms with Crippen molar-refractivity contribution in [1.29, 1.82) is 0 Å². The second-order valence-corrected chi connectivity index (χ2v) is 4.77. The first kappa shape index (κ1) is 17.2. The molecule has 0 saturated heterocycles. The van der Waals surface area contributed by atoms with E-state index in [0.29, 0.717) is 12.4 Å². The van der Waals surface area contributed by atoms with Crippen LogP contribution in [0.25, 0.3) is 0 Å². The van der Waals surface area contributed by atoms with Crippen LogP contribution in [0, 0.1) is 10.1 Å². The van der Waals surface area contributed by atoms with Crippen LogP contribution < -0.4 is 10.1 Å². The van der Waals surface area contributed by atoms with Gasteiger partial charge in [0.2, 0.25) is 0 Å². The Morgan fingerprint density at radius 3 is 2.52 bits per heavy atom. The van der Waals surface area contributed by atoms with Gasteiger partial charge in [-0.05, 0) is 19.5 Å². The van der Waals surface area contributed by atoms with E-state index in [0.717, 1.165) is 38.3 Å². The fourth-order valence-electron chi connectivity index (χ4n) is 1.98. The van der Waals surface area contributed by atoms with Gasteiger partial charge in [0, 0.05) is 30.9 Å². The Morgan fingerprint density at radius 2 is 1.95 bits per heavy atom. The Morgan fingerprint density at radius 1 is 1.24 bits per heavy atom. The van der Waals surface area contributed by atoms with Gasteiger partial charge in [0.05, 0.1) is 11.0 Å². The molecule has 0 heterocycles. The van der Waals surface area contributed by atoms with Crippen LogP contribution in [-0.2, 0) is 0 Å². The number of anilines is 1. The Balaban J connectivity index is 2.71. The highest BCUT2D eigenvalue weighted by atomic mass is 16.6. The van der Waals surface area contributed by atoms with Crippen molar-refractivity contribution in [3.63, 3.8) is 0 Å². The molecule has 1 N–H and O–H groups in total. The van der Waals surface area contributed by atoms with E-state index in [2.05, 4.69) is 24.1 Å². The van der Waals surface area contributed by atoms with Crippen molar-refractivity contribution < 1.29 is 9.66 Å². The Kier molecular flexibility index (Phi) is 7.53.